The summed E-state index contributed by atoms with van der Waals surface area (Å²) in [6.45, 7) is 3.98. The summed E-state index contributed by atoms with van der Waals surface area (Å²) in [6, 6.07) is 14.5. The van der Waals surface area contributed by atoms with Crippen LogP contribution >= 0.6 is 0 Å². The standard InChI is InChI=1S/C17H20N2O2S/c1-14-6-2-3-7-17(14)18-22(20,21)16-10-8-15(9-11-16)19-12-4-5-13-19/h2-3,6-11,18H,4-5,12-13H2,1H3. The second kappa shape index (κ2) is 6.01. The van der Waals surface area contributed by atoms with Gasteiger partial charge in [-0.05, 0) is 55.7 Å². The maximum atomic E-state index is 12.5. The fraction of sp³-hybridized carbons (Fsp3) is 0.294. The number of aryl methyl sites for hydroxylation is 1. The van der Waals surface area contributed by atoms with Crippen LogP contribution in [0.3, 0.4) is 0 Å². The highest BCUT2D eigenvalue weighted by molar-refractivity contribution is 7.92. The summed E-state index contributed by atoms with van der Waals surface area (Å²) >= 11 is 0. The maximum Gasteiger partial charge on any atom is 0.261 e. The van der Waals surface area contributed by atoms with Gasteiger partial charge in [-0.2, -0.15) is 0 Å². The van der Waals surface area contributed by atoms with Crippen LogP contribution in [0.4, 0.5) is 11.4 Å². The lowest BCUT2D eigenvalue weighted by atomic mass is 10.2. The van der Waals surface area contributed by atoms with Crippen molar-refractivity contribution < 1.29 is 8.42 Å². The van der Waals surface area contributed by atoms with Gasteiger partial charge in [-0.3, -0.25) is 4.72 Å². The molecule has 0 saturated carbocycles. The van der Waals surface area contributed by atoms with Crippen molar-refractivity contribution in [3.8, 4) is 0 Å². The van der Waals surface area contributed by atoms with Crippen LogP contribution in [0.25, 0.3) is 0 Å². The SMILES string of the molecule is Cc1ccccc1NS(=O)(=O)c1ccc(N2CCCC2)cc1. The molecule has 2 aromatic carbocycles. The van der Waals surface area contributed by atoms with E-state index in [1.165, 1.54) is 12.8 Å². The zero-order chi connectivity index (χ0) is 15.6. The number of rotatable bonds is 4. The molecule has 1 aliphatic heterocycles. The highest BCUT2D eigenvalue weighted by Crippen LogP contribution is 2.24. The predicted octanol–water partition coefficient (Wildman–Crippen LogP) is 3.40. The van der Waals surface area contributed by atoms with Gasteiger partial charge in [-0.15, -0.1) is 0 Å². The molecule has 0 amide bonds. The van der Waals surface area contributed by atoms with E-state index >= 15 is 0 Å². The first-order valence-electron chi connectivity index (χ1n) is 7.50. The smallest absolute Gasteiger partial charge is 0.261 e. The summed E-state index contributed by atoms with van der Waals surface area (Å²) in [6.07, 6.45) is 2.41. The highest BCUT2D eigenvalue weighted by Gasteiger charge is 2.17. The zero-order valence-corrected chi connectivity index (χ0v) is 13.4. The van der Waals surface area contributed by atoms with Crippen LogP contribution in [-0.2, 0) is 10.0 Å². The molecule has 1 heterocycles. The summed E-state index contributed by atoms with van der Waals surface area (Å²) in [5.74, 6) is 0. The van der Waals surface area contributed by atoms with Crippen molar-refractivity contribution in [1.82, 2.24) is 0 Å². The Balaban J connectivity index is 1.81. The minimum absolute atomic E-state index is 0.290. The highest BCUT2D eigenvalue weighted by atomic mass is 32.2. The quantitative estimate of drug-likeness (QED) is 0.940. The van der Waals surface area contributed by atoms with E-state index in [1.54, 1.807) is 18.2 Å². The molecule has 1 N–H and O–H groups in total. The van der Waals surface area contributed by atoms with Crippen molar-refractivity contribution in [3.63, 3.8) is 0 Å². The van der Waals surface area contributed by atoms with Gasteiger partial charge >= 0.3 is 0 Å². The number of benzene rings is 2. The lowest BCUT2D eigenvalue weighted by Crippen LogP contribution is -2.18. The molecule has 22 heavy (non-hydrogen) atoms. The van der Waals surface area contributed by atoms with Crippen LogP contribution in [-0.4, -0.2) is 21.5 Å². The number of anilines is 2. The molecule has 1 fully saturated rings. The molecule has 0 aromatic heterocycles. The minimum atomic E-state index is -3.54. The summed E-state index contributed by atoms with van der Waals surface area (Å²) < 4.78 is 27.6. The van der Waals surface area contributed by atoms with Gasteiger partial charge in [0.1, 0.15) is 0 Å². The Morgan fingerprint density at radius 3 is 2.23 bits per heavy atom. The molecule has 0 unspecified atom stereocenters. The van der Waals surface area contributed by atoms with Gasteiger partial charge in [0.15, 0.2) is 0 Å². The molecule has 1 aliphatic rings. The van der Waals surface area contributed by atoms with Gasteiger partial charge in [0.25, 0.3) is 10.0 Å². The van der Waals surface area contributed by atoms with Crippen molar-refractivity contribution >= 4 is 21.4 Å². The van der Waals surface area contributed by atoms with Crippen LogP contribution in [0, 0.1) is 6.92 Å². The minimum Gasteiger partial charge on any atom is -0.372 e. The van der Waals surface area contributed by atoms with Gasteiger partial charge < -0.3 is 4.90 Å². The Morgan fingerprint density at radius 1 is 0.955 bits per heavy atom. The molecular formula is C17H20N2O2S. The third-order valence-electron chi connectivity index (χ3n) is 4.01. The number of para-hydroxylation sites is 1. The largest absolute Gasteiger partial charge is 0.372 e. The Bertz CT molecular complexity index is 748. The maximum absolute atomic E-state index is 12.5. The van der Waals surface area contributed by atoms with E-state index in [4.69, 9.17) is 0 Å². The van der Waals surface area contributed by atoms with Crippen LogP contribution in [0.5, 0.6) is 0 Å². The van der Waals surface area contributed by atoms with Crippen molar-refractivity contribution in [3.05, 3.63) is 54.1 Å². The van der Waals surface area contributed by atoms with E-state index in [1.807, 2.05) is 37.3 Å². The Kier molecular flexibility index (Phi) is 4.07. The summed E-state index contributed by atoms with van der Waals surface area (Å²) in [4.78, 5) is 2.57. The van der Waals surface area contributed by atoms with Crippen molar-refractivity contribution in [1.29, 1.82) is 0 Å². The van der Waals surface area contributed by atoms with E-state index in [9.17, 15) is 8.42 Å². The average Bonchev–Trinajstić information content (AvgIpc) is 3.04. The molecule has 0 aliphatic carbocycles. The molecule has 1 saturated heterocycles. The summed E-state index contributed by atoms with van der Waals surface area (Å²) in [5, 5.41) is 0. The van der Waals surface area contributed by atoms with Gasteiger partial charge in [-0.25, -0.2) is 8.42 Å². The second-order valence-corrected chi connectivity index (χ2v) is 7.29. The number of hydrogen-bond donors (Lipinski definition) is 1. The van der Waals surface area contributed by atoms with Gasteiger partial charge in [-0.1, -0.05) is 18.2 Å². The summed E-state index contributed by atoms with van der Waals surface area (Å²) in [5.41, 5.74) is 2.61. The Labute approximate surface area is 131 Å². The molecule has 4 nitrogen and oxygen atoms in total. The Morgan fingerprint density at radius 2 is 1.59 bits per heavy atom. The number of nitrogens with one attached hydrogen (secondary N) is 1. The molecule has 0 atom stereocenters. The van der Waals surface area contributed by atoms with Gasteiger partial charge in [0, 0.05) is 18.8 Å². The van der Waals surface area contributed by atoms with Crippen molar-refractivity contribution in [2.75, 3.05) is 22.7 Å². The fourth-order valence-electron chi connectivity index (χ4n) is 2.70. The van der Waals surface area contributed by atoms with Gasteiger partial charge in [0.05, 0.1) is 10.6 Å². The lowest BCUT2D eigenvalue weighted by Gasteiger charge is -2.18. The fourth-order valence-corrected chi connectivity index (χ4v) is 3.83. The van der Waals surface area contributed by atoms with Crippen LogP contribution < -0.4 is 9.62 Å². The number of hydrogen-bond acceptors (Lipinski definition) is 3. The first-order chi connectivity index (χ1) is 10.6. The number of sulfonamides is 1. The van der Waals surface area contributed by atoms with Crippen LogP contribution in [0.15, 0.2) is 53.4 Å². The first kappa shape index (κ1) is 14.9. The first-order valence-corrected chi connectivity index (χ1v) is 8.98. The lowest BCUT2D eigenvalue weighted by molar-refractivity contribution is 0.601. The summed E-state index contributed by atoms with van der Waals surface area (Å²) in [7, 11) is -3.54. The predicted molar refractivity (Wildman–Crippen MR) is 89.9 cm³/mol. The van der Waals surface area contributed by atoms with E-state index in [0.717, 1.165) is 24.3 Å². The molecule has 0 radical (unpaired) electrons. The number of nitrogens with zero attached hydrogens (tertiary/aromatic N) is 1. The molecule has 116 valence electrons. The third kappa shape index (κ3) is 3.09. The molecule has 0 bridgehead atoms. The molecule has 0 spiro atoms. The van der Waals surface area contributed by atoms with E-state index in [0.29, 0.717) is 10.6 Å². The topological polar surface area (TPSA) is 49.4 Å². The zero-order valence-electron chi connectivity index (χ0n) is 12.6. The molecule has 3 rings (SSSR count). The third-order valence-corrected chi connectivity index (χ3v) is 5.39. The normalized spacial score (nSPS) is 15.0. The van der Waals surface area contributed by atoms with E-state index < -0.39 is 10.0 Å². The van der Waals surface area contributed by atoms with E-state index in [2.05, 4.69) is 9.62 Å². The van der Waals surface area contributed by atoms with Crippen LogP contribution in [0.1, 0.15) is 18.4 Å². The monoisotopic (exact) mass is 316 g/mol. The average molecular weight is 316 g/mol. The van der Waals surface area contributed by atoms with Crippen molar-refractivity contribution in [2.45, 2.75) is 24.7 Å². The Hall–Kier alpha value is -2.01. The van der Waals surface area contributed by atoms with E-state index in [-0.39, 0.29) is 0 Å². The molecule has 5 heteroatoms. The molecule has 2 aromatic rings. The van der Waals surface area contributed by atoms with Gasteiger partial charge in [0.2, 0.25) is 0 Å². The second-order valence-electron chi connectivity index (χ2n) is 5.61. The molecular weight excluding hydrogens is 296 g/mol. The van der Waals surface area contributed by atoms with Crippen LogP contribution in [0.2, 0.25) is 0 Å². The van der Waals surface area contributed by atoms with Crippen molar-refractivity contribution in [2.24, 2.45) is 0 Å².